The number of halogens is 2. The first-order valence-electron chi connectivity index (χ1n) is 10.4. The second kappa shape index (κ2) is 12.1. The highest BCUT2D eigenvalue weighted by Crippen LogP contribution is 2.26. The number of carbonyl (C=O) groups excluding carboxylic acids is 2. The van der Waals surface area contributed by atoms with Crippen molar-refractivity contribution in [3.63, 3.8) is 0 Å². The SMILES string of the molecule is CO/N=C(/c1nonc1NCCCN=C(N)NC(=O)C1CCC1)N(C=O)c1ccc(F)c(Br)c1. The highest BCUT2D eigenvalue weighted by atomic mass is 79.9. The highest BCUT2D eigenvalue weighted by Gasteiger charge is 2.26. The van der Waals surface area contributed by atoms with Crippen LogP contribution in [0, 0.1) is 11.7 Å². The van der Waals surface area contributed by atoms with Crippen LogP contribution in [0.1, 0.15) is 31.4 Å². The summed E-state index contributed by atoms with van der Waals surface area (Å²) < 4.78 is 18.6. The Morgan fingerprint density at radius 1 is 1.44 bits per heavy atom. The van der Waals surface area contributed by atoms with Crippen LogP contribution in [-0.4, -0.2) is 54.6 Å². The molecule has 1 heterocycles. The van der Waals surface area contributed by atoms with Crippen molar-refractivity contribution in [1.82, 2.24) is 15.6 Å². The second-order valence-electron chi connectivity index (χ2n) is 7.30. The largest absolute Gasteiger partial charge is 0.397 e. The third-order valence-electron chi connectivity index (χ3n) is 5.03. The summed E-state index contributed by atoms with van der Waals surface area (Å²) in [5, 5.41) is 17.1. The summed E-state index contributed by atoms with van der Waals surface area (Å²) in [5.74, 6) is -0.293. The zero-order valence-corrected chi connectivity index (χ0v) is 19.9. The number of carbonyl (C=O) groups is 2. The molecular weight excluding hydrogens is 515 g/mol. The van der Waals surface area contributed by atoms with Gasteiger partial charge in [0.05, 0.1) is 10.2 Å². The number of nitrogens with two attached hydrogens (primary N) is 1. The average molecular weight is 539 g/mol. The Hall–Kier alpha value is -3.55. The molecule has 1 aliphatic rings. The van der Waals surface area contributed by atoms with Crippen molar-refractivity contribution in [2.75, 3.05) is 30.4 Å². The van der Waals surface area contributed by atoms with E-state index >= 15 is 0 Å². The van der Waals surface area contributed by atoms with Gasteiger partial charge in [0.15, 0.2) is 11.7 Å². The molecule has 12 nitrogen and oxygen atoms in total. The summed E-state index contributed by atoms with van der Waals surface area (Å²) in [5.41, 5.74) is 6.16. The summed E-state index contributed by atoms with van der Waals surface area (Å²) in [7, 11) is 1.30. The lowest BCUT2D eigenvalue weighted by molar-refractivity contribution is -0.125. The Bertz CT molecular complexity index is 1070. The van der Waals surface area contributed by atoms with Crippen LogP contribution in [0.4, 0.5) is 15.9 Å². The van der Waals surface area contributed by atoms with E-state index in [1.54, 1.807) is 0 Å². The molecule has 2 amide bonds. The van der Waals surface area contributed by atoms with Gasteiger partial charge in [0, 0.05) is 19.0 Å². The Morgan fingerprint density at radius 3 is 2.88 bits per heavy atom. The Morgan fingerprint density at radius 2 is 2.24 bits per heavy atom. The number of aliphatic imine (C=N–C) groups is 1. The first kappa shape index (κ1) is 25.1. The number of hydrogen-bond donors (Lipinski definition) is 3. The maximum absolute atomic E-state index is 13.6. The van der Waals surface area contributed by atoms with Crippen LogP contribution in [0.15, 0.2) is 37.4 Å². The Balaban J connectivity index is 1.61. The van der Waals surface area contributed by atoms with E-state index in [-0.39, 0.29) is 39.6 Å². The molecule has 34 heavy (non-hydrogen) atoms. The van der Waals surface area contributed by atoms with Crippen LogP contribution >= 0.6 is 15.9 Å². The van der Waals surface area contributed by atoms with E-state index in [0.717, 1.165) is 24.2 Å². The normalized spacial score (nSPS) is 14.3. The smallest absolute Gasteiger partial charge is 0.229 e. The molecule has 3 rings (SSSR count). The fraction of sp³-hybridized carbons (Fsp3) is 0.400. The van der Waals surface area contributed by atoms with Gasteiger partial charge in [-0.05, 0) is 63.7 Å². The van der Waals surface area contributed by atoms with E-state index in [9.17, 15) is 14.0 Å². The summed E-state index contributed by atoms with van der Waals surface area (Å²) in [4.78, 5) is 33.8. The predicted octanol–water partition coefficient (Wildman–Crippen LogP) is 1.98. The zero-order chi connectivity index (χ0) is 24.5. The number of nitrogens with one attached hydrogen (secondary N) is 2. The number of benzene rings is 1. The number of guanidine groups is 1. The molecule has 182 valence electrons. The molecular formula is C20H24BrFN8O4. The lowest BCUT2D eigenvalue weighted by Crippen LogP contribution is -2.42. The lowest BCUT2D eigenvalue weighted by Gasteiger charge is -2.23. The predicted molar refractivity (Wildman–Crippen MR) is 126 cm³/mol. The van der Waals surface area contributed by atoms with Crippen LogP contribution < -0.4 is 21.3 Å². The quantitative estimate of drug-likeness (QED) is 0.136. The maximum Gasteiger partial charge on any atom is 0.229 e. The molecule has 1 aromatic heterocycles. The monoisotopic (exact) mass is 538 g/mol. The molecule has 0 unspecified atom stereocenters. The van der Waals surface area contributed by atoms with Gasteiger partial charge >= 0.3 is 0 Å². The van der Waals surface area contributed by atoms with Crippen LogP contribution in [0.5, 0.6) is 0 Å². The number of amidine groups is 1. The number of anilines is 2. The minimum absolute atomic E-state index is 0.0263. The van der Waals surface area contributed by atoms with Crippen molar-refractivity contribution < 1.29 is 23.4 Å². The van der Waals surface area contributed by atoms with E-state index in [0.29, 0.717) is 31.6 Å². The second-order valence-corrected chi connectivity index (χ2v) is 8.15. The minimum atomic E-state index is -0.490. The number of oxime groups is 1. The van der Waals surface area contributed by atoms with Crippen molar-refractivity contribution in [3.05, 3.63) is 34.2 Å². The van der Waals surface area contributed by atoms with Crippen LogP contribution in [0.3, 0.4) is 0 Å². The molecule has 4 N–H and O–H groups in total. The summed E-state index contributed by atoms with van der Waals surface area (Å²) in [6.45, 7) is 0.755. The molecule has 0 aliphatic heterocycles. The average Bonchev–Trinajstić information content (AvgIpc) is 3.22. The molecule has 0 bridgehead atoms. The Kier molecular flexibility index (Phi) is 8.90. The van der Waals surface area contributed by atoms with Gasteiger partial charge in [-0.15, -0.1) is 0 Å². The van der Waals surface area contributed by atoms with Gasteiger partial charge in [0.25, 0.3) is 0 Å². The van der Waals surface area contributed by atoms with E-state index in [1.165, 1.54) is 25.3 Å². The summed E-state index contributed by atoms with van der Waals surface area (Å²) in [6, 6.07) is 4.00. The number of amides is 2. The van der Waals surface area contributed by atoms with Crippen LogP contribution in [-0.2, 0) is 14.4 Å². The van der Waals surface area contributed by atoms with E-state index < -0.39 is 5.82 Å². The fourth-order valence-corrected chi connectivity index (χ4v) is 3.40. The van der Waals surface area contributed by atoms with Crippen molar-refractivity contribution >= 4 is 51.5 Å². The standard InChI is InChI=1S/C20H24BrFN8O4/c1-33-29-18(30(11-31)13-6-7-15(22)14(21)10-13)16-17(28-34-27-16)24-8-3-9-25-20(23)26-19(32)12-4-2-5-12/h6-7,10-12H,2-5,8-9H2,1H3,(H,24,28)(H3,23,25,26,32)/b29-18-. The molecule has 1 aliphatic carbocycles. The summed E-state index contributed by atoms with van der Waals surface area (Å²) >= 11 is 3.09. The fourth-order valence-electron chi connectivity index (χ4n) is 3.03. The van der Waals surface area contributed by atoms with Crippen molar-refractivity contribution in [2.24, 2.45) is 21.8 Å². The minimum Gasteiger partial charge on any atom is -0.397 e. The van der Waals surface area contributed by atoms with Gasteiger partial charge in [0.1, 0.15) is 12.9 Å². The summed E-state index contributed by atoms with van der Waals surface area (Å²) in [6.07, 6.45) is 3.84. The number of rotatable bonds is 10. The Labute approximate surface area is 202 Å². The number of nitrogens with zero attached hydrogens (tertiary/aromatic N) is 5. The molecule has 1 fully saturated rings. The first-order chi connectivity index (χ1) is 16.4. The maximum atomic E-state index is 13.6. The van der Waals surface area contributed by atoms with E-state index in [4.69, 9.17) is 15.2 Å². The van der Waals surface area contributed by atoms with Gasteiger partial charge in [-0.1, -0.05) is 11.6 Å². The highest BCUT2D eigenvalue weighted by molar-refractivity contribution is 9.10. The molecule has 0 radical (unpaired) electrons. The van der Waals surface area contributed by atoms with Crippen molar-refractivity contribution in [2.45, 2.75) is 25.7 Å². The van der Waals surface area contributed by atoms with Crippen molar-refractivity contribution in [3.8, 4) is 0 Å². The molecule has 1 saturated carbocycles. The third kappa shape index (κ3) is 6.27. The molecule has 0 spiro atoms. The molecule has 0 atom stereocenters. The van der Waals surface area contributed by atoms with E-state index in [2.05, 4.69) is 47.0 Å². The molecule has 14 heteroatoms. The third-order valence-corrected chi connectivity index (χ3v) is 5.64. The molecule has 0 saturated heterocycles. The van der Waals surface area contributed by atoms with E-state index in [1.807, 2.05) is 0 Å². The van der Waals surface area contributed by atoms with Gasteiger partial charge in [-0.2, -0.15) is 0 Å². The molecule has 2 aromatic rings. The number of hydrogen-bond acceptors (Lipinski definition) is 9. The topological polar surface area (TPSA) is 160 Å². The van der Waals surface area contributed by atoms with Gasteiger partial charge in [-0.3, -0.25) is 24.8 Å². The van der Waals surface area contributed by atoms with Crippen molar-refractivity contribution in [1.29, 1.82) is 0 Å². The zero-order valence-electron chi connectivity index (χ0n) is 18.3. The van der Waals surface area contributed by atoms with Crippen LogP contribution in [0.2, 0.25) is 0 Å². The number of aromatic nitrogens is 2. The van der Waals surface area contributed by atoms with Gasteiger partial charge in [0.2, 0.25) is 24.0 Å². The first-order valence-corrected chi connectivity index (χ1v) is 11.2. The van der Waals surface area contributed by atoms with Gasteiger partial charge < -0.3 is 15.9 Å². The molecule has 1 aromatic carbocycles. The lowest BCUT2D eigenvalue weighted by atomic mass is 9.85. The van der Waals surface area contributed by atoms with Gasteiger partial charge in [-0.25, -0.2) is 9.02 Å². The van der Waals surface area contributed by atoms with Crippen LogP contribution in [0.25, 0.3) is 0 Å².